The van der Waals surface area contributed by atoms with Crippen LogP contribution in [0.1, 0.15) is 18.4 Å². The molecule has 0 radical (unpaired) electrons. The van der Waals surface area contributed by atoms with Crippen LogP contribution in [0.5, 0.6) is 0 Å². The minimum absolute atomic E-state index is 0.241. The Kier molecular flexibility index (Phi) is 3.48. The Hall–Kier alpha value is -1.46. The van der Waals surface area contributed by atoms with Gasteiger partial charge in [0.05, 0.1) is 4.92 Å². The van der Waals surface area contributed by atoms with Gasteiger partial charge in [-0.15, -0.1) is 0 Å². The first-order valence-electron chi connectivity index (χ1n) is 6.92. The number of para-hydroxylation sites is 1. The summed E-state index contributed by atoms with van der Waals surface area (Å²) in [5.74, 6) is 0.719. The minimum Gasteiger partial charge on any atom is -0.312 e. The van der Waals surface area contributed by atoms with E-state index in [1.165, 1.54) is 12.8 Å². The molecule has 19 heavy (non-hydrogen) atoms. The quantitative estimate of drug-likeness (QED) is 0.665. The highest BCUT2D eigenvalue weighted by Gasteiger charge is 2.34. The van der Waals surface area contributed by atoms with Crippen LogP contribution in [0.2, 0.25) is 0 Å². The molecule has 1 aromatic rings. The Morgan fingerprint density at radius 3 is 3.00 bits per heavy atom. The average Bonchev–Trinajstić information content (AvgIpc) is 2.81. The van der Waals surface area contributed by atoms with Crippen molar-refractivity contribution < 1.29 is 4.92 Å². The molecule has 0 unspecified atom stereocenters. The van der Waals surface area contributed by atoms with Gasteiger partial charge in [0.15, 0.2) is 0 Å². The predicted octanol–water partition coefficient (Wildman–Crippen LogP) is 1.78. The van der Waals surface area contributed by atoms with E-state index in [0.717, 1.165) is 31.1 Å². The van der Waals surface area contributed by atoms with Gasteiger partial charge in [0.1, 0.15) is 0 Å². The third-order valence-corrected chi connectivity index (χ3v) is 4.26. The molecule has 5 nitrogen and oxygen atoms in total. The zero-order valence-electron chi connectivity index (χ0n) is 10.9. The average molecular weight is 261 g/mol. The summed E-state index contributed by atoms with van der Waals surface area (Å²) in [4.78, 5) is 13.1. The van der Waals surface area contributed by atoms with Crippen LogP contribution in [0.4, 0.5) is 5.69 Å². The van der Waals surface area contributed by atoms with Crippen LogP contribution in [0, 0.1) is 16.0 Å². The van der Waals surface area contributed by atoms with E-state index in [-0.39, 0.29) is 10.6 Å². The van der Waals surface area contributed by atoms with Crippen molar-refractivity contribution in [2.24, 2.45) is 5.92 Å². The molecular weight excluding hydrogens is 242 g/mol. The Bertz CT molecular complexity index is 464. The van der Waals surface area contributed by atoms with Gasteiger partial charge in [0.25, 0.3) is 5.69 Å². The number of hydrogen-bond donors (Lipinski definition) is 1. The summed E-state index contributed by atoms with van der Waals surface area (Å²) in [7, 11) is 0. The van der Waals surface area contributed by atoms with Gasteiger partial charge in [0.2, 0.25) is 0 Å². The highest BCUT2D eigenvalue weighted by molar-refractivity contribution is 5.39. The zero-order chi connectivity index (χ0) is 13.2. The molecule has 1 N–H and O–H groups in total. The first kappa shape index (κ1) is 12.6. The lowest BCUT2D eigenvalue weighted by molar-refractivity contribution is -0.385. The summed E-state index contributed by atoms with van der Waals surface area (Å²) < 4.78 is 0. The summed E-state index contributed by atoms with van der Waals surface area (Å²) in [5, 5.41) is 14.6. The largest absolute Gasteiger partial charge is 0.312 e. The van der Waals surface area contributed by atoms with Gasteiger partial charge in [-0.2, -0.15) is 0 Å². The predicted molar refractivity (Wildman–Crippen MR) is 72.9 cm³/mol. The van der Waals surface area contributed by atoms with Crippen molar-refractivity contribution in [2.75, 3.05) is 19.6 Å². The lowest BCUT2D eigenvalue weighted by Crippen LogP contribution is -2.40. The lowest BCUT2D eigenvalue weighted by Gasteiger charge is -2.24. The Labute approximate surface area is 112 Å². The maximum Gasteiger partial charge on any atom is 0.273 e. The number of nitro benzene ring substituents is 1. The van der Waals surface area contributed by atoms with E-state index in [2.05, 4.69) is 10.2 Å². The van der Waals surface area contributed by atoms with Gasteiger partial charge < -0.3 is 5.32 Å². The van der Waals surface area contributed by atoms with E-state index < -0.39 is 0 Å². The molecule has 2 heterocycles. The van der Waals surface area contributed by atoms with Gasteiger partial charge in [-0.25, -0.2) is 0 Å². The van der Waals surface area contributed by atoms with Crippen LogP contribution < -0.4 is 5.32 Å². The number of nitrogens with one attached hydrogen (secondary N) is 1. The third-order valence-electron chi connectivity index (χ3n) is 4.26. The Morgan fingerprint density at radius 2 is 2.21 bits per heavy atom. The molecule has 0 aromatic heterocycles. The van der Waals surface area contributed by atoms with Crippen molar-refractivity contribution in [1.82, 2.24) is 10.2 Å². The first-order chi connectivity index (χ1) is 9.24. The van der Waals surface area contributed by atoms with Crippen LogP contribution >= 0.6 is 0 Å². The van der Waals surface area contributed by atoms with E-state index in [9.17, 15) is 10.1 Å². The lowest BCUT2D eigenvalue weighted by atomic mass is 9.94. The second-order valence-electron chi connectivity index (χ2n) is 5.54. The van der Waals surface area contributed by atoms with E-state index in [1.54, 1.807) is 12.1 Å². The van der Waals surface area contributed by atoms with E-state index >= 15 is 0 Å². The molecule has 0 amide bonds. The van der Waals surface area contributed by atoms with Crippen LogP contribution in [0.25, 0.3) is 0 Å². The number of nitrogens with zero attached hydrogens (tertiary/aromatic N) is 2. The van der Waals surface area contributed by atoms with Crippen molar-refractivity contribution in [3.05, 3.63) is 39.9 Å². The third kappa shape index (κ3) is 2.62. The zero-order valence-corrected chi connectivity index (χ0v) is 10.9. The number of likely N-dealkylation sites (tertiary alicyclic amines) is 1. The Morgan fingerprint density at radius 1 is 1.37 bits per heavy atom. The van der Waals surface area contributed by atoms with Crippen molar-refractivity contribution in [3.63, 3.8) is 0 Å². The van der Waals surface area contributed by atoms with Gasteiger partial charge in [0, 0.05) is 37.3 Å². The SMILES string of the molecule is O=[N+]([O-])c1ccccc1CN1C[C@@H]2CCCN[C@@H]2C1. The molecule has 3 rings (SSSR count). The molecule has 2 saturated heterocycles. The van der Waals surface area contributed by atoms with Gasteiger partial charge in [-0.3, -0.25) is 15.0 Å². The number of hydrogen-bond acceptors (Lipinski definition) is 4. The number of benzene rings is 1. The van der Waals surface area contributed by atoms with Crippen molar-refractivity contribution in [1.29, 1.82) is 0 Å². The van der Waals surface area contributed by atoms with E-state index in [0.29, 0.717) is 12.6 Å². The highest BCUT2D eigenvalue weighted by Crippen LogP contribution is 2.27. The van der Waals surface area contributed by atoms with Crippen LogP contribution in [0.15, 0.2) is 24.3 Å². The maximum absolute atomic E-state index is 11.0. The second kappa shape index (κ2) is 5.27. The summed E-state index contributed by atoms with van der Waals surface area (Å²) in [6, 6.07) is 7.65. The molecule has 1 aromatic carbocycles. The summed E-state index contributed by atoms with van der Waals surface area (Å²) in [5.41, 5.74) is 1.07. The van der Waals surface area contributed by atoms with Crippen LogP contribution in [0.3, 0.4) is 0 Å². The first-order valence-corrected chi connectivity index (χ1v) is 6.92. The normalized spacial score (nSPS) is 27.2. The molecule has 102 valence electrons. The van der Waals surface area contributed by atoms with Crippen molar-refractivity contribution in [2.45, 2.75) is 25.4 Å². The molecule has 2 atom stereocenters. The van der Waals surface area contributed by atoms with E-state index in [1.807, 2.05) is 12.1 Å². The molecule has 5 heteroatoms. The Balaban J connectivity index is 1.71. The molecule has 0 spiro atoms. The minimum atomic E-state index is -0.281. The number of fused-ring (bicyclic) bond motifs is 1. The number of rotatable bonds is 3. The summed E-state index contributed by atoms with van der Waals surface area (Å²) >= 11 is 0. The molecule has 2 aliphatic heterocycles. The smallest absolute Gasteiger partial charge is 0.273 e. The fourth-order valence-electron chi connectivity index (χ4n) is 3.33. The number of nitro groups is 1. The topological polar surface area (TPSA) is 58.4 Å². The van der Waals surface area contributed by atoms with Crippen molar-refractivity contribution >= 4 is 5.69 Å². The molecule has 2 aliphatic rings. The maximum atomic E-state index is 11.0. The fraction of sp³-hybridized carbons (Fsp3) is 0.571. The number of piperidine rings is 1. The second-order valence-corrected chi connectivity index (χ2v) is 5.54. The summed E-state index contributed by atoms with van der Waals surface area (Å²) in [6.45, 7) is 3.87. The molecule has 0 bridgehead atoms. The monoisotopic (exact) mass is 261 g/mol. The van der Waals surface area contributed by atoms with Crippen molar-refractivity contribution in [3.8, 4) is 0 Å². The molecular formula is C14H19N3O2. The van der Waals surface area contributed by atoms with Gasteiger partial charge >= 0.3 is 0 Å². The molecule has 0 saturated carbocycles. The molecule has 0 aliphatic carbocycles. The van der Waals surface area contributed by atoms with Gasteiger partial charge in [-0.05, 0) is 25.3 Å². The van der Waals surface area contributed by atoms with Gasteiger partial charge in [-0.1, -0.05) is 18.2 Å². The van der Waals surface area contributed by atoms with E-state index in [4.69, 9.17) is 0 Å². The summed E-state index contributed by atoms with van der Waals surface area (Å²) in [6.07, 6.45) is 2.53. The van der Waals surface area contributed by atoms with Crippen LogP contribution in [-0.2, 0) is 6.54 Å². The highest BCUT2D eigenvalue weighted by atomic mass is 16.6. The molecule has 2 fully saturated rings. The fourth-order valence-corrected chi connectivity index (χ4v) is 3.33. The van der Waals surface area contributed by atoms with Crippen LogP contribution in [-0.4, -0.2) is 35.5 Å². The standard InChI is InChI=1S/C14H19N3O2/c18-17(19)14-6-2-1-4-12(14)9-16-8-11-5-3-7-15-13(11)10-16/h1-2,4,6,11,13,15H,3,5,7-10H2/t11-,13+/m0/s1.